The van der Waals surface area contributed by atoms with E-state index in [4.69, 9.17) is 14.2 Å². The van der Waals surface area contributed by atoms with Crippen LogP contribution >= 0.6 is 0 Å². The Morgan fingerprint density at radius 2 is 0.982 bits per heavy atom. The molecule has 2 unspecified atom stereocenters. The molecule has 1 N–H and O–H groups in total. The number of allylic oxidation sites excluding steroid dienone is 12. The van der Waals surface area contributed by atoms with E-state index in [0.717, 1.165) is 89.9 Å². The quantitative estimate of drug-likeness (QED) is 0.0286. The SMILES string of the molecule is CC/C=C/C/C=C/C/C=C/C/C=C/C/C=C/CCCCCC(=O)OC(COCCC(C(=O)O)[N+](C)(C)C)COC(=O)CCCCC/C=C/CCCCCCCCC. The van der Waals surface area contributed by atoms with Gasteiger partial charge in [-0.3, -0.25) is 9.59 Å². The largest absolute Gasteiger partial charge is 0.477 e. The van der Waals surface area contributed by atoms with Crippen LogP contribution in [0.5, 0.6) is 0 Å². The molecule has 0 aliphatic rings. The molecule has 0 radical (unpaired) electrons. The third kappa shape index (κ3) is 38.1. The molecule has 0 aliphatic carbocycles. The number of rotatable bonds is 39. The Morgan fingerprint density at radius 3 is 1.47 bits per heavy atom. The predicted molar refractivity (Wildman–Crippen MR) is 238 cm³/mol. The van der Waals surface area contributed by atoms with Gasteiger partial charge in [0, 0.05) is 19.3 Å². The summed E-state index contributed by atoms with van der Waals surface area (Å²) in [5.74, 6) is -1.54. The summed E-state index contributed by atoms with van der Waals surface area (Å²) >= 11 is 0. The van der Waals surface area contributed by atoms with E-state index in [1.165, 1.54) is 44.9 Å². The number of likely N-dealkylation sites (N-methyl/N-ethyl adjacent to an activating group) is 1. The lowest BCUT2D eigenvalue weighted by Gasteiger charge is -2.31. The summed E-state index contributed by atoms with van der Waals surface area (Å²) < 4.78 is 17.2. The van der Waals surface area contributed by atoms with Crippen molar-refractivity contribution in [3.8, 4) is 0 Å². The van der Waals surface area contributed by atoms with Gasteiger partial charge < -0.3 is 23.8 Å². The smallest absolute Gasteiger partial charge is 0.362 e. The Bertz CT molecular complexity index is 1160. The maximum atomic E-state index is 12.7. The van der Waals surface area contributed by atoms with Gasteiger partial charge in [-0.15, -0.1) is 0 Å². The van der Waals surface area contributed by atoms with Gasteiger partial charge in [-0.2, -0.15) is 0 Å². The van der Waals surface area contributed by atoms with Gasteiger partial charge in [0.1, 0.15) is 6.61 Å². The zero-order valence-corrected chi connectivity index (χ0v) is 37.0. The zero-order chi connectivity index (χ0) is 42.1. The highest BCUT2D eigenvalue weighted by atomic mass is 16.6. The van der Waals surface area contributed by atoms with E-state index < -0.39 is 18.1 Å². The molecule has 8 nitrogen and oxygen atoms in total. The number of esters is 2. The molecule has 0 heterocycles. The molecule has 0 saturated heterocycles. The molecule has 0 spiro atoms. The highest BCUT2D eigenvalue weighted by Crippen LogP contribution is 2.12. The zero-order valence-electron chi connectivity index (χ0n) is 37.0. The first-order chi connectivity index (χ1) is 27.6. The summed E-state index contributed by atoms with van der Waals surface area (Å²) in [6.07, 6.45) is 49.4. The minimum Gasteiger partial charge on any atom is -0.477 e. The van der Waals surface area contributed by atoms with Crippen LogP contribution in [0.4, 0.5) is 0 Å². The lowest BCUT2D eigenvalue weighted by Crippen LogP contribution is -2.50. The molecule has 0 amide bonds. The van der Waals surface area contributed by atoms with Crippen LogP contribution in [0.15, 0.2) is 72.9 Å². The van der Waals surface area contributed by atoms with Crippen LogP contribution < -0.4 is 0 Å². The summed E-state index contributed by atoms with van der Waals surface area (Å²) in [7, 11) is 5.50. The van der Waals surface area contributed by atoms with Gasteiger partial charge in [-0.05, 0) is 83.5 Å². The third-order valence-corrected chi connectivity index (χ3v) is 9.59. The maximum absolute atomic E-state index is 12.7. The second-order valence-electron chi connectivity index (χ2n) is 15.9. The molecule has 0 saturated carbocycles. The van der Waals surface area contributed by atoms with Crippen molar-refractivity contribution in [3.63, 3.8) is 0 Å². The molecular formula is C49H84NO7+. The van der Waals surface area contributed by atoms with E-state index in [-0.39, 0.29) is 42.7 Å². The lowest BCUT2D eigenvalue weighted by atomic mass is 10.1. The number of quaternary nitrogens is 1. The van der Waals surface area contributed by atoms with Crippen molar-refractivity contribution in [2.75, 3.05) is 41.0 Å². The van der Waals surface area contributed by atoms with E-state index >= 15 is 0 Å². The number of carboxylic acid groups (broad SMARTS) is 1. The fourth-order valence-corrected chi connectivity index (χ4v) is 6.11. The minimum absolute atomic E-state index is 0.0394. The summed E-state index contributed by atoms with van der Waals surface area (Å²) in [6, 6.07) is -0.626. The molecule has 57 heavy (non-hydrogen) atoms. The van der Waals surface area contributed by atoms with Gasteiger partial charge >= 0.3 is 17.9 Å². The van der Waals surface area contributed by atoms with Gasteiger partial charge in [0.2, 0.25) is 0 Å². The van der Waals surface area contributed by atoms with Gasteiger partial charge in [-0.25, -0.2) is 4.79 Å². The van der Waals surface area contributed by atoms with Crippen molar-refractivity contribution in [2.45, 2.75) is 180 Å². The molecule has 0 fully saturated rings. The Labute approximate surface area is 349 Å². The number of nitrogens with zero attached hydrogens (tertiary/aromatic N) is 1. The summed E-state index contributed by atoms with van der Waals surface area (Å²) in [5, 5.41) is 9.62. The Morgan fingerprint density at radius 1 is 0.544 bits per heavy atom. The predicted octanol–water partition coefficient (Wildman–Crippen LogP) is 12.4. The number of carbonyl (C=O) groups excluding carboxylic acids is 2. The van der Waals surface area contributed by atoms with Crippen LogP contribution in [0.25, 0.3) is 0 Å². The third-order valence-electron chi connectivity index (χ3n) is 9.59. The standard InChI is InChI=1S/C49H83NO7/c1-6-8-10-12-14-16-18-20-22-23-24-25-26-28-30-32-34-36-38-40-48(52)57-45(43-55-42-41-46(49(53)54)50(3,4)5)44-56-47(51)39-37-35-33-31-29-27-21-19-17-15-13-11-9-7-2/h8,10,14,16,20,22,24-25,27-30,45-46H,6-7,9,11-13,15,17-19,21,23,26,31-44H2,1-5H3/p+1/b10-8+,16-14+,22-20+,25-24+,29-27+,30-28+. The molecule has 0 aromatic carbocycles. The van der Waals surface area contributed by atoms with E-state index in [2.05, 4.69) is 86.8 Å². The first-order valence-corrected chi connectivity index (χ1v) is 22.5. The fourth-order valence-electron chi connectivity index (χ4n) is 6.11. The van der Waals surface area contributed by atoms with Gasteiger partial charge in [0.05, 0.1) is 34.4 Å². The Kier molecular flexibility index (Phi) is 37.3. The molecule has 8 heteroatoms. The number of aliphatic carboxylic acids is 1. The summed E-state index contributed by atoms with van der Waals surface area (Å²) in [5.41, 5.74) is 0. The number of carboxylic acids is 1. The number of hydrogen-bond donors (Lipinski definition) is 1. The first kappa shape index (κ1) is 53.8. The molecule has 0 rings (SSSR count). The average Bonchev–Trinajstić information content (AvgIpc) is 3.17. The second-order valence-corrected chi connectivity index (χ2v) is 15.9. The van der Waals surface area contributed by atoms with Crippen LogP contribution in [-0.2, 0) is 28.6 Å². The summed E-state index contributed by atoms with van der Waals surface area (Å²) in [4.78, 5) is 37.0. The van der Waals surface area contributed by atoms with E-state index in [9.17, 15) is 19.5 Å². The van der Waals surface area contributed by atoms with Crippen molar-refractivity contribution in [3.05, 3.63) is 72.9 Å². The van der Waals surface area contributed by atoms with Crippen molar-refractivity contribution in [1.82, 2.24) is 0 Å². The normalized spacial score (nSPS) is 13.6. The highest BCUT2D eigenvalue weighted by Gasteiger charge is 2.31. The van der Waals surface area contributed by atoms with Crippen molar-refractivity contribution in [1.29, 1.82) is 0 Å². The highest BCUT2D eigenvalue weighted by molar-refractivity contribution is 5.72. The molecule has 0 aromatic heterocycles. The van der Waals surface area contributed by atoms with E-state index in [1.807, 2.05) is 21.1 Å². The van der Waals surface area contributed by atoms with Crippen LogP contribution in [-0.4, -0.2) is 80.6 Å². The van der Waals surface area contributed by atoms with Crippen molar-refractivity contribution in [2.24, 2.45) is 0 Å². The first-order valence-electron chi connectivity index (χ1n) is 22.5. The molecule has 0 aromatic rings. The number of ether oxygens (including phenoxy) is 3. The number of hydrogen-bond acceptors (Lipinski definition) is 6. The van der Waals surface area contributed by atoms with E-state index in [1.54, 1.807) is 0 Å². The summed E-state index contributed by atoms with van der Waals surface area (Å²) in [6.45, 7) is 4.55. The monoisotopic (exact) mass is 799 g/mol. The number of unbranched alkanes of at least 4 members (excludes halogenated alkanes) is 13. The fraction of sp³-hybridized carbons (Fsp3) is 0.694. The van der Waals surface area contributed by atoms with Crippen LogP contribution in [0.1, 0.15) is 168 Å². The molecule has 0 aliphatic heterocycles. The van der Waals surface area contributed by atoms with Gasteiger partial charge in [-0.1, -0.05) is 138 Å². The minimum atomic E-state index is -0.885. The molecule has 326 valence electrons. The van der Waals surface area contributed by atoms with Crippen LogP contribution in [0.3, 0.4) is 0 Å². The number of carbonyl (C=O) groups is 3. The van der Waals surface area contributed by atoms with Crippen molar-refractivity contribution < 1.29 is 38.2 Å². The Balaban J connectivity index is 4.44. The molecule has 0 bridgehead atoms. The van der Waals surface area contributed by atoms with Crippen LogP contribution in [0, 0.1) is 0 Å². The molecule has 2 atom stereocenters. The molecular weight excluding hydrogens is 715 g/mol. The van der Waals surface area contributed by atoms with Gasteiger partial charge in [0.25, 0.3) is 0 Å². The maximum Gasteiger partial charge on any atom is 0.362 e. The van der Waals surface area contributed by atoms with E-state index in [0.29, 0.717) is 12.8 Å². The van der Waals surface area contributed by atoms with Crippen molar-refractivity contribution >= 4 is 17.9 Å². The van der Waals surface area contributed by atoms with Gasteiger partial charge in [0.15, 0.2) is 12.1 Å². The Hall–Kier alpha value is -3.23. The topological polar surface area (TPSA) is 99.1 Å². The van der Waals surface area contributed by atoms with Crippen LogP contribution in [0.2, 0.25) is 0 Å². The average molecular weight is 799 g/mol. The lowest BCUT2D eigenvalue weighted by molar-refractivity contribution is -0.887. The second kappa shape index (κ2) is 39.6.